The maximum Gasteiger partial charge on any atom is 0.322 e. The van der Waals surface area contributed by atoms with Crippen molar-refractivity contribution in [3.63, 3.8) is 0 Å². The van der Waals surface area contributed by atoms with E-state index in [0.29, 0.717) is 23.2 Å². The molecule has 1 aliphatic carbocycles. The van der Waals surface area contributed by atoms with Gasteiger partial charge in [-0.15, -0.1) is 5.10 Å². The van der Waals surface area contributed by atoms with Crippen molar-refractivity contribution < 1.29 is 13.9 Å². The van der Waals surface area contributed by atoms with Crippen LogP contribution in [-0.2, 0) is 4.79 Å². The molecule has 1 heterocycles. The standard InChI is InChI=1S/C13H14N4O3/c14-9-2-1-3-10(6-9)19-7-11(18)15-13-17-16-12(20-13)8-4-5-8/h1-3,6,8H,4-5,7,14H2,(H,15,17,18). The summed E-state index contributed by atoms with van der Waals surface area (Å²) < 4.78 is 10.6. The number of rotatable bonds is 5. The average molecular weight is 274 g/mol. The highest BCUT2D eigenvalue weighted by atomic mass is 16.5. The fourth-order valence-corrected chi connectivity index (χ4v) is 1.69. The molecule has 2 aromatic rings. The van der Waals surface area contributed by atoms with E-state index in [1.807, 2.05) is 0 Å². The molecule has 1 aliphatic rings. The Bertz CT molecular complexity index is 622. The van der Waals surface area contributed by atoms with Crippen molar-refractivity contribution in [2.75, 3.05) is 17.7 Å². The molecule has 0 radical (unpaired) electrons. The van der Waals surface area contributed by atoms with Gasteiger partial charge in [0.15, 0.2) is 6.61 Å². The molecule has 0 saturated heterocycles. The van der Waals surface area contributed by atoms with E-state index >= 15 is 0 Å². The summed E-state index contributed by atoms with van der Waals surface area (Å²) in [5, 5.41) is 10.1. The molecule has 7 nitrogen and oxygen atoms in total. The minimum atomic E-state index is -0.363. The molecule has 1 aromatic heterocycles. The summed E-state index contributed by atoms with van der Waals surface area (Å²) in [5.41, 5.74) is 6.19. The molecule has 0 atom stereocenters. The van der Waals surface area contributed by atoms with Crippen LogP contribution in [0.25, 0.3) is 0 Å². The van der Waals surface area contributed by atoms with Crippen LogP contribution in [0.4, 0.5) is 11.7 Å². The van der Waals surface area contributed by atoms with Crippen molar-refractivity contribution in [3.05, 3.63) is 30.2 Å². The van der Waals surface area contributed by atoms with Crippen LogP contribution in [0.5, 0.6) is 5.75 Å². The average Bonchev–Trinajstić information content (AvgIpc) is 3.18. The van der Waals surface area contributed by atoms with E-state index in [1.165, 1.54) is 0 Å². The van der Waals surface area contributed by atoms with Gasteiger partial charge in [0, 0.05) is 17.7 Å². The molecule has 1 fully saturated rings. The predicted molar refractivity (Wildman–Crippen MR) is 71.3 cm³/mol. The Morgan fingerprint density at radius 3 is 3.05 bits per heavy atom. The number of aromatic nitrogens is 2. The lowest BCUT2D eigenvalue weighted by Gasteiger charge is -2.05. The lowest BCUT2D eigenvalue weighted by Crippen LogP contribution is -2.20. The van der Waals surface area contributed by atoms with Gasteiger partial charge in [-0.05, 0) is 25.0 Å². The lowest BCUT2D eigenvalue weighted by atomic mass is 10.3. The molecule has 0 bridgehead atoms. The Morgan fingerprint density at radius 1 is 1.45 bits per heavy atom. The number of amides is 1. The smallest absolute Gasteiger partial charge is 0.322 e. The van der Waals surface area contributed by atoms with Crippen molar-refractivity contribution in [1.29, 1.82) is 0 Å². The SMILES string of the molecule is Nc1cccc(OCC(=O)Nc2nnc(C3CC3)o2)c1. The zero-order valence-corrected chi connectivity index (χ0v) is 10.7. The van der Waals surface area contributed by atoms with Crippen LogP contribution in [0, 0.1) is 0 Å². The molecular weight excluding hydrogens is 260 g/mol. The number of ether oxygens (including phenoxy) is 1. The molecule has 3 N–H and O–H groups in total. The summed E-state index contributed by atoms with van der Waals surface area (Å²) >= 11 is 0. The zero-order valence-electron chi connectivity index (χ0n) is 10.7. The van der Waals surface area contributed by atoms with Gasteiger partial charge < -0.3 is 14.9 Å². The molecular formula is C13H14N4O3. The zero-order chi connectivity index (χ0) is 13.9. The number of carbonyl (C=O) groups excluding carboxylic acids is 1. The number of nitrogens with one attached hydrogen (secondary N) is 1. The quantitative estimate of drug-likeness (QED) is 0.802. The number of nitrogens with zero attached hydrogens (tertiary/aromatic N) is 2. The van der Waals surface area contributed by atoms with Crippen molar-refractivity contribution in [2.45, 2.75) is 18.8 Å². The summed E-state index contributed by atoms with van der Waals surface area (Å²) in [5.74, 6) is 1.11. The Morgan fingerprint density at radius 2 is 2.30 bits per heavy atom. The Kier molecular flexibility index (Phi) is 3.24. The van der Waals surface area contributed by atoms with E-state index in [0.717, 1.165) is 12.8 Å². The van der Waals surface area contributed by atoms with Crippen LogP contribution in [0.2, 0.25) is 0 Å². The molecule has 1 saturated carbocycles. The van der Waals surface area contributed by atoms with E-state index in [-0.39, 0.29) is 18.5 Å². The Balaban J connectivity index is 1.51. The maximum absolute atomic E-state index is 11.7. The topological polar surface area (TPSA) is 103 Å². The van der Waals surface area contributed by atoms with Gasteiger partial charge in [-0.2, -0.15) is 0 Å². The highest BCUT2D eigenvalue weighted by Crippen LogP contribution is 2.39. The van der Waals surface area contributed by atoms with Gasteiger partial charge in [-0.3, -0.25) is 10.1 Å². The van der Waals surface area contributed by atoms with Gasteiger partial charge in [-0.25, -0.2) is 0 Å². The lowest BCUT2D eigenvalue weighted by molar-refractivity contribution is -0.118. The molecule has 1 aromatic carbocycles. The third-order valence-electron chi connectivity index (χ3n) is 2.84. The van der Waals surface area contributed by atoms with E-state index in [9.17, 15) is 4.79 Å². The maximum atomic E-state index is 11.7. The van der Waals surface area contributed by atoms with Crippen LogP contribution in [0.1, 0.15) is 24.7 Å². The summed E-state index contributed by atoms with van der Waals surface area (Å²) in [4.78, 5) is 11.7. The van der Waals surface area contributed by atoms with Crippen molar-refractivity contribution in [1.82, 2.24) is 10.2 Å². The molecule has 1 amide bonds. The van der Waals surface area contributed by atoms with Gasteiger partial charge in [0.05, 0.1) is 0 Å². The van der Waals surface area contributed by atoms with Gasteiger partial charge in [0.25, 0.3) is 5.91 Å². The number of benzene rings is 1. The van der Waals surface area contributed by atoms with Gasteiger partial charge in [-0.1, -0.05) is 11.2 Å². The molecule has 3 rings (SSSR count). The first-order chi connectivity index (χ1) is 9.70. The number of hydrogen-bond acceptors (Lipinski definition) is 6. The number of nitrogen functional groups attached to an aromatic ring is 1. The largest absolute Gasteiger partial charge is 0.484 e. The Labute approximate surface area is 115 Å². The molecule has 20 heavy (non-hydrogen) atoms. The normalized spacial score (nSPS) is 14.0. The number of hydrogen-bond donors (Lipinski definition) is 2. The summed E-state index contributed by atoms with van der Waals surface area (Å²) in [6.45, 7) is -0.148. The van der Waals surface area contributed by atoms with Crippen LogP contribution in [-0.4, -0.2) is 22.7 Å². The minimum Gasteiger partial charge on any atom is -0.484 e. The van der Waals surface area contributed by atoms with E-state index < -0.39 is 0 Å². The fourth-order valence-electron chi connectivity index (χ4n) is 1.69. The number of nitrogens with two attached hydrogens (primary N) is 1. The summed E-state index contributed by atoms with van der Waals surface area (Å²) in [6.07, 6.45) is 2.13. The number of anilines is 2. The van der Waals surface area contributed by atoms with E-state index in [4.69, 9.17) is 14.9 Å². The van der Waals surface area contributed by atoms with Gasteiger partial charge >= 0.3 is 6.01 Å². The van der Waals surface area contributed by atoms with E-state index in [1.54, 1.807) is 24.3 Å². The fraction of sp³-hybridized carbons (Fsp3) is 0.308. The first kappa shape index (κ1) is 12.5. The highest BCUT2D eigenvalue weighted by Gasteiger charge is 2.29. The highest BCUT2D eigenvalue weighted by molar-refractivity contribution is 5.89. The molecule has 0 unspecified atom stereocenters. The van der Waals surface area contributed by atoms with E-state index in [2.05, 4.69) is 15.5 Å². The van der Waals surface area contributed by atoms with Crippen LogP contribution in [0.15, 0.2) is 28.7 Å². The Hall–Kier alpha value is -2.57. The van der Waals surface area contributed by atoms with Gasteiger partial charge in [0.2, 0.25) is 5.89 Å². The van der Waals surface area contributed by atoms with Crippen LogP contribution < -0.4 is 15.8 Å². The third-order valence-corrected chi connectivity index (χ3v) is 2.84. The monoisotopic (exact) mass is 274 g/mol. The molecule has 0 aliphatic heterocycles. The van der Waals surface area contributed by atoms with Crippen molar-refractivity contribution in [3.8, 4) is 5.75 Å². The predicted octanol–water partition coefficient (Wildman–Crippen LogP) is 1.55. The van der Waals surface area contributed by atoms with Crippen LogP contribution in [0.3, 0.4) is 0 Å². The molecule has 7 heteroatoms. The summed E-state index contributed by atoms with van der Waals surface area (Å²) in [7, 11) is 0. The molecule has 0 spiro atoms. The van der Waals surface area contributed by atoms with Crippen molar-refractivity contribution >= 4 is 17.6 Å². The summed E-state index contributed by atoms with van der Waals surface area (Å²) in [6, 6.07) is 6.97. The van der Waals surface area contributed by atoms with Gasteiger partial charge in [0.1, 0.15) is 5.75 Å². The first-order valence-electron chi connectivity index (χ1n) is 6.32. The first-order valence-corrected chi connectivity index (χ1v) is 6.32. The second kappa shape index (κ2) is 5.20. The second-order valence-electron chi connectivity index (χ2n) is 4.63. The van der Waals surface area contributed by atoms with Crippen molar-refractivity contribution in [2.24, 2.45) is 0 Å². The second-order valence-corrected chi connectivity index (χ2v) is 4.63. The van der Waals surface area contributed by atoms with Crippen LogP contribution >= 0.6 is 0 Å². The molecule has 104 valence electrons. The number of carbonyl (C=O) groups is 1. The minimum absolute atomic E-state index is 0.105. The third kappa shape index (κ3) is 3.05.